The van der Waals surface area contributed by atoms with Crippen LogP contribution in [0.2, 0.25) is 0 Å². The zero-order chi connectivity index (χ0) is 16.8. The molecule has 2 aromatic heterocycles. The molecule has 1 amide bonds. The van der Waals surface area contributed by atoms with Crippen molar-refractivity contribution in [2.45, 2.75) is 6.54 Å². The number of amides is 1. The summed E-state index contributed by atoms with van der Waals surface area (Å²) in [6, 6.07) is 18.8. The predicted molar refractivity (Wildman–Crippen MR) is 88.6 cm³/mol. The summed E-state index contributed by atoms with van der Waals surface area (Å²) in [4.78, 5) is 18.3. The molecule has 0 aliphatic rings. The number of aromatic amines is 1. The van der Waals surface area contributed by atoms with Crippen molar-refractivity contribution in [3.05, 3.63) is 72.2 Å². The van der Waals surface area contributed by atoms with Crippen molar-refractivity contribution in [1.82, 2.24) is 20.1 Å². The summed E-state index contributed by atoms with van der Waals surface area (Å²) in [7, 11) is 0. The smallest absolute Gasteiger partial charge is 0.273 e. The van der Waals surface area contributed by atoms with Crippen molar-refractivity contribution < 1.29 is 4.79 Å². The Morgan fingerprint density at radius 2 is 1.96 bits per heavy atom. The van der Waals surface area contributed by atoms with E-state index in [0.717, 1.165) is 11.3 Å². The monoisotopic (exact) mass is 317 g/mol. The Hall–Kier alpha value is -3.46. The molecule has 0 spiro atoms. The lowest BCUT2D eigenvalue weighted by Gasteiger charge is -2.18. The molecule has 0 saturated heterocycles. The van der Waals surface area contributed by atoms with Gasteiger partial charge >= 0.3 is 0 Å². The summed E-state index contributed by atoms with van der Waals surface area (Å²) < 4.78 is 0. The quantitative estimate of drug-likeness (QED) is 0.733. The number of carbonyl (C=O) groups is 1. The van der Waals surface area contributed by atoms with Gasteiger partial charge in [0.25, 0.3) is 5.91 Å². The Morgan fingerprint density at radius 3 is 2.67 bits per heavy atom. The van der Waals surface area contributed by atoms with Crippen LogP contribution in [0.1, 0.15) is 16.2 Å². The first-order valence-electron chi connectivity index (χ1n) is 7.45. The Balaban J connectivity index is 1.81. The second-order valence-electron chi connectivity index (χ2n) is 5.17. The third-order valence-corrected chi connectivity index (χ3v) is 3.51. The number of hydrogen-bond donors (Lipinski definition) is 1. The zero-order valence-electron chi connectivity index (χ0n) is 12.9. The number of pyridine rings is 1. The largest absolute Gasteiger partial charge is 0.318 e. The summed E-state index contributed by atoms with van der Waals surface area (Å²) in [6.45, 7) is 0.252. The minimum Gasteiger partial charge on any atom is -0.318 e. The molecule has 0 fully saturated rings. The fourth-order valence-corrected chi connectivity index (χ4v) is 2.33. The van der Waals surface area contributed by atoms with Crippen molar-refractivity contribution >= 4 is 5.91 Å². The van der Waals surface area contributed by atoms with Gasteiger partial charge < -0.3 is 4.90 Å². The van der Waals surface area contributed by atoms with Gasteiger partial charge in [0, 0.05) is 11.8 Å². The van der Waals surface area contributed by atoms with E-state index in [1.807, 2.05) is 48.5 Å². The molecule has 0 radical (unpaired) electrons. The number of nitriles is 1. The highest BCUT2D eigenvalue weighted by molar-refractivity contribution is 5.93. The van der Waals surface area contributed by atoms with Gasteiger partial charge in [0.05, 0.1) is 24.0 Å². The Bertz CT molecular complexity index is 852. The molecular weight excluding hydrogens is 302 g/mol. The van der Waals surface area contributed by atoms with E-state index in [-0.39, 0.29) is 19.0 Å². The van der Waals surface area contributed by atoms with Crippen LogP contribution in [0.15, 0.2) is 60.8 Å². The van der Waals surface area contributed by atoms with Crippen LogP contribution in [0, 0.1) is 11.3 Å². The van der Waals surface area contributed by atoms with Crippen LogP contribution < -0.4 is 0 Å². The molecule has 0 aliphatic heterocycles. The van der Waals surface area contributed by atoms with Gasteiger partial charge in [-0.2, -0.15) is 10.4 Å². The minimum absolute atomic E-state index is 0.0188. The standard InChI is InChI=1S/C18H15N5O/c19-9-11-23(13-15-8-4-5-10-20-15)18(24)17-12-16(21-22-17)14-6-2-1-3-7-14/h1-8,10,12H,11,13H2,(H,21,22). The highest BCUT2D eigenvalue weighted by atomic mass is 16.2. The Kier molecular flexibility index (Phi) is 4.63. The fourth-order valence-electron chi connectivity index (χ4n) is 2.33. The second kappa shape index (κ2) is 7.20. The van der Waals surface area contributed by atoms with Gasteiger partial charge in [0.2, 0.25) is 0 Å². The number of benzene rings is 1. The van der Waals surface area contributed by atoms with Crippen molar-refractivity contribution in [2.24, 2.45) is 0 Å². The van der Waals surface area contributed by atoms with Gasteiger partial charge in [-0.1, -0.05) is 36.4 Å². The van der Waals surface area contributed by atoms with Crippen LogP contribution in [0.5, 0.6) is 0 Å². The van der Waals surface area contributed by atoms with Crippen LogP contribution in [0.25, 0.3) is 11.3 Å². The average Bonchev–Trinajstić information content (AvgIpc) is 3.12. The van der Waals surface area contributed by atoms with Crippen LogP contribution >= 0.6 is 0 Å². The third kappa shape index (κ3) is 3.47. The number of aromatic nitrogens is 3. The highest BCUT2D eigenvalue weighted by Gasteiger charge is 2.19. The second-order valence-corrected chi connectivity index (χ2v) is 5.17. The third-order valence-electron chi connectivity index (χ3n) is 3.51. The van der Waals surface area contributed by atoms with E-state index in [2.05, 4.69) is 15.2 Å². The number of H-pyrrole nitrogens is 1. The van der Waals surface area contributed by atoms with E-state index < -0.39 is 0 Å². The SMILES string of the molecule is N#CCN(Cc1ccccn1)C(=O)c1cc(-c2ccccc2)n[nH]1. The molecule has 0 saturated carbocycles. The summed E-state index contributed by atoms with van der Waals surface area (Å²) in [5, 5.41) is 15.9. The lowest BCUT2D eigenvalue weighted by atomic mass is 10.1. The van der Waals surface area contributed by atoms with Crippen molar-refractivity contribution in [3.63, 3.8) is 0 Å². The molecule has 0 unspecified atom stereocenters. The molecule has 0 bridgehead atoms. The molecule has 0 aliphatic carbocycles. The van der Waals surface area contributed by atoms with Crippen LogP contribution in [-0.4, -0.2) is 32.5 Å². The van der Waals surface area contributed by atoms with E-state index >= 15 is 0 Å². The van der Waals surface area contributed by atoms with E-state index in [4.69, 9.17) is 5.26 Å². The number of hydrogen-bond acceptors (Lipinski definition) is 4. The lowest BCUT2D eigenvalue weighted by Crippen LogP contribution is -2.31. The Morgan fingerprint density at radius 1 is 1.17 bits per heavy atom. The van der Waals surface area contributed by atoms with E-state index in [1.165, 1.54) is 4.90 Å². The molecule has 2 heterocycles. The average molecular weight is 317 g/mol. The molecule has 3 aromatic rings. The highest BCUT2D eigenvalue weighted by Crippen LogP contribution is 2.18. The number of nitrogens with zero attached hydrogens (tertiary/aromatic N) is 4. The predicted octanol–water partition coefficient (Wildman–Crippen LogP) is 2.64. The van der Waals surface area contributed by atoms with Crippen LogP contribution in [0.3, 0.4) is 0 Å². The van der Waals surface area contributed by atoms with E-state index in [9.17, 15) is 4.79 Å². The summed E-state index contributed by atoms with van der Waals surface area (Å²) >= 11 is 0. The van der Waals surface area contributed by atoms with E-state index in [0.29, 0.717) is 11.4 Å². The van der Waals surface area contributed by atoms with Gasteiger partial charge in [-0.3, -0.25) is 14.9 Å². The maximum absolute atomic E-state index is 12.7. The zero-order valence-corrected chi connectivity index (χ0v) is 12.9. The van der Waals surface area contributed by atoms with Crippen LogP contribution in [0.4, 0.5) is 0 Å². The number of rotatable bonds is 5. The maximum Gasteiger partial charge on any atom is 0.273 e. The van der Waals surface area contributed by atoms with Crippen molar-refractivity contribution in [2.75, 3.05) is 6.54 Å². The fraction of sp³-hybridized carbons (Fsp3) is 0.111. The first-order chi connectivity index (χ1) is 11.8. The van der Waals surface area contributed by atoms with Gasteiger partial charge in [-0.15, -0.1) is 0 Å². The van der Waals surface area contributed by atoms with Gasteiger partial charge in [-0.25, -0.2) is 0 Å². The van der Waals surface area contributed by atoms with E-state index in [1.54, 1.807) is 18.3 Å². The first kappa shape index (κ1) is 15.4. The minimum atomic E-state index is -0.281. The number of carbonyl (C=O) groups excluding carboxylic acids is 1. The normalized spacial score (nSPS) is 10.1. The first-order valence-corrected chi connectivity index (χ1v) is 7.45. The maximum atomic E-state index is 12.7. The molecular formula is C18H15N5O. The molecule has 3 rings (SSSR count). The number of nitrogens with one attached hydrogen (secondary N) is 1. The van der Waals surface area contributed by atoms with Crippen molar-refractivity contribution in [1.29, 1.82) is 5.26 Å². The molecule has 0 atom stereocenters. The molecule has 6 nitrogen and oxygen atoms in total. The van der Waals surface area contributed by atoms with Gasteiger partial charge in [0.15, 0.2) is 0 Å². The van der Waals surface area contributed by atoms with Crippen LogP contribution in [-0.2, 0) is 6.54 Å². The molecule has 118 valence electrons. The topological polar surface area (TPSA) is 85.7 Å². The molecule has 1 aromatic carbocycles. The lowest BCUT2D eigenvalue weighted by molar-refractivity contribution is 0.0757. The summed E-state index contributed by atoms with van der Waals surface area (Å²) in [6.07, 6.45) is 1.66. The molecule has 24 heavy (non-hydrogen) atoms. The molecule has 6 heteroatoms. The van der Waals surface area contributed by atoms with Gasteiger partial charge in [0.1, 0.15) is 12.2 Å². The summed E-state index contributed by atoms with van der Waals surface area (Å²) in [5.41, 5.74) is 2.68. The summed E-state index contributed by atoms with van der Waals surface area (Å²) in [5.74, 6) is -0.281. The van der Waals surface area contributed by atoms with Crippen molar-refractivity contribution in [3.8, 4) is 17.3 Å². The Labute approximate surface area is 139 Å². The van der Waals surface area contributed by atoms with Gasteiger partial charge in [-0.05, 0) is 18.2 Å². The molecule has 1 N–H and O–H groups in total.